The highest BCUT2D eigenvalue weighted by atomic mass is 35.5. The Kier molecular flexibility index (Phi) is 6.36. The molecule has 0 radical (unpaired) electrons. The molecular formula is C22H18Cl2N4O2S. The van der Waals surface area contributed by atoms with Crippen molar-refractivity contribution < 1.29 is 9.53 Å². The Bertz CT molecular complexity index is 1250. The SMILES string of the molecule is COc1ccc(C)cc1NC(=O)C(Sc1nnc2c(Cl)cc(Cl)cn12)c1ccccc1. The number of anilines is 1. The van der Waals surface area contributed by atoms with Crippen LogP contribution in [0.4, 0.5) is 5.69 Å². The van der Waals surface area contributed by atoms with Crippen molar-refractivity contribution in [1.82, 2.24) is 14.6 Å². The number of pyridine rings is 1. The van der Waals surface area contributed by atoms with E-state index in [1.54, 1.807) is 23.8 Å². The minimum Gasteiger partial charge on any atom is -0.495 e. The van der Waals surface area contributed by atoms with Crippen LogP contribution in [-0.4, -0.2) is 27.6 Å². The van der Waals surface area contributed by atoms with E-state index < -0.39 is 5.25 Å². The standard InChI is InChI=1S/C22H18Cl2N4O2S/c1-13-8-9-18(30-2)17(10-13)25-21(29)19(14-6-4-3-5-7-14)31-22-27-26-20-16(24)11-15(23)12-28(20)22/h3-12,19H,1-2H3,(H,25,29). The van der Waals surface area contributed by atoms with Crippen molar-refractivity contribution in [3.05, 3.63) is 82.0 Å². The number of carbonyl (C=O) groups excluding carboxylic acids is 1. The number of amides is 1. The largest absolute Gasteiger partial charge is 0.495 e. The summed E-state index contributed by atoms with van der Waals surface area (Å²) in [7, 11) is 1.57. The number of ether oxygens (including phenoxy) is 1. The zero-order chi connectivity index (χ0) is 22.0. The number of nitrogens with zero attached hydrogens (tertiary/aromatic N) is 3. The molecule has 0 aliphatic rings. The molecule has 2 aromatic heterocycles. The van der Waals surface area contributed by atoms with Crippen molar-refractivity contribution >= 4 is 52.2 Å². The Balaban J connectivity index is 1.71. The van der Waals surface area contributed by atoms with Crippen molar-refractivity contribution in [2.75, 3.05) is 12.4 Å². The summed E-state index contributed by atoms with van der Waals surface area (Å²) in [5.41, 5.74) is 2.90. The lowest BCUT2D eigenvalue weighted by Crippen LogP contribution is -2.20. The fraction of sp³-hybridized carbons (Fsp3) is 0.136. The minimum absolute atomic E-state index is 0.218. The van der Waals surface area contributed by atoms with E-state index in [0.29, 0.717) is 32.3 Å². The van der Waals surface area contributed by atoms with Gasteiger partial charge in [0.1, 0.15) is 11.0 Å². The quantitative estimate of drug-likeness (QED) is 0.357. The number of carbonyl (C=O) groups is 1. The normalized spacial score (nSPS) is 12.0. The molecular weight excluding hydrogens is 455 g/mol. The lowest BCUT2D eigenvalue weighted by atomic mass is 10.1. The van der Waals surface area contributed by atoms with Crippen LogP contribution in [0.5, 0.6) is 5.75 Å². The molecule has 6 nitrogen and oxygen atoms in total. The number of aryl methyl sites for hydroxylation is 1. The number of hydrogen-bond donors (Lipinski definition) is 1. The molecule has 0 aliphatic heterocycles. The number of methoxy groups -OCH3 is 1. The molecule has 0 aliphatic carbocycles. The Labute approximate surface area is 193 Å². The maximum Gasteiger partial charge on any atom is 0.242 e. The van der Waals surface area contributed by atoms with Gasteiger partial charge in [0.25, 0.3) is 0 Å². The smallest absolute Gasteiger partial charge is 0.242 e. The minimum atomic E-state index is -0.600. The van der Waals surface area contributed by atoms with E-state index in [2.05, 4.69) is 15.5 Å². The lowest BCUT2D eigenvalue weighted by molar-refractivity contribution is -0.115. The fourth-order valence-electron chi connectivity index (χ4n) is 3.11. The van der Waals surface area contributed by atoms with Gasteiger partial charge in [-0.3, -0.25) is 9.20 Å². The first-order valence-electron chi connectivity index (χ1n) is 9.33. The lowest BCUT2D eigenvalue weighted by Gasteiger charge is -2.18. The number of nitrogens with one attached hydrogen (secondary N) is 1. The molecule has 1 N–H and O–H groups in total. The van der Waals surface area contributed by atoms with Gasteiger partial charge in [-0.15, -0.1) is 10.2 Å². The van der Waals surface area contributed by atoms with Crippen molar-refractivity contribution in [3.63, 3.8) is 0 Å². The topological polar surface area (TPSA) is 68.5 Å². The van der Waals surface area contributed by atoms with Crippen LogP contribution in [0.3, 0.4) is 0 Å². The van der Waals surface area contributed by atoms with E-state index in [4.69, 9.17) is 27.9 Å². The first-order valence-corrected chi connectivity index (χ1v) is 11.0. The van der Waals surface area contributed by atoms with Gasteiger partial charge < -0.3 is 10.1 Å². The molecule has 0 saturated heterocycles. The van der Waals surface area contributed by atoms with Gasteiger partial charge in [0.05, 0.1) is 22.8 Å². The van der Waals surface area contributed by atoms with E-state index in [9.17, 15) is 4.79 Å². The molecule has 9 heteroatoms. The van der Waals surface area contributed by atoms with Gasteiger partial charge in [-0.05, 0) is 36.2 Å². The van der Waals surface area contributed by atoms with E-state index in [-0.39, 0.29) is 5.91 Å². The van der Waals surface area contributed by atoms with Crippen molar-refractivity contribution in [3.8, 4) is 5.75 Å². The summed E-state index contributed by atoms with van der Waals surface area (Å²) in [5, 5.41) is 12.1. The molecule has 1 amide bonds. The Morgan fingerprint density at radius 2 is 1.90 bits per heavy atom. The maximum absolute atomic E-state index is 13.4. The van der Waals surface area contributed by atoms with Crippen LogP contribution in [0, 0.1) is 6.92 Å². The Morgan fingerprint density at radius 1 is 1.13 bits per heavy atom. The average molecular weight is 473 g/mol. The summed E-state index contributed by atoms with van der Waals surface area (Å²) in [5.74, 6) is 0.368. The van der Waals surface area contributed by atoms with Crippen LogP contribution >= 0.6 is 35.0 Å². The third kappa shape index (κ3) is 4.63. The van der Waals surface area contributed by atoms with Crippen LogP contribution in [0.15, 0.2) is 66.0 Å². The van der Waals surface area contributed by atoms with Gasteiger partial charge in [0.2, 0.25) is 5.91 Å². The third-order valence-corrected chi connectivity index (χ3v) is 6.27. The van der Waals surface area contributed by atoms with Crippen molar-refractivity contribution in [2.24, 2.45) is 0 Å². The van der Waals surface area contributed by atoms with Gasteiger partial charge in [0, 0.05) is 6.20 Å². The second-order valence-electron chi connectivity index (χ2n) is 6.78. The summed E-state index contributed by atoms with van der Waals surface area (Å²) in [6.45, 7) is 1.95. The molecule has 4 aromatic rings. The van der Waals surface area contributed by atoms with Crippen molar-refractivity contribution in [1.29, 1.82) is 0 Å². The van der Waals surface area contributed by atoms with Crippen LogP contribution in [0.2, 0.25) is 10.0 Å². The molecule has 0 spiro atoms. The highest BCUT2D eigenvalue weighted by molar-refractivity contribution is 8.00. The second-order valence-corrected chi connectivity index (χ2v) is 8.70. The first kappa shape index (κ1) is 21.5. The molecule has 0 bridgehead atoms. The predicted octanol–water partition coefficient (Wildman–Crippen LogP) is 5.83. The number of halogens is 2. The summed E-state index contributed by atoms with van der Waals surface area (Å²) in [4.78, 5) is 13.4. The van der Waals surface area contributed by atoms with Gasteiger partial charge in [-0.2, -0.15) is 0 Å². The molecule has 1 atom stereocenters. The van der Waals surface area contributed by atoms with Crippen LogP contribution in [0.1, 0.15) is 16.4 Å². The molecule has 0 saturated carbocycles. The number of aromatic nitrogens is 3. The molecule has 31 heavy (non-hydrogen) atoms. The number of thioether (sulfide) groups is 1. The second kappa shape index (κ2) is 9.18. The first-order chi connectivity index (χ1) is 15.0. The Morgan fingerprint density at radius 3 is 2.65 bits per heavy atom. The molecule has 2 aromatic carbocycles. The third-order valence-electron chi connectivity index (χ3n) is 4.57. The van der Waals surface area contributed by atoms with Gasteiger partial charge in [-0.1, -0.05) is 71.4 Å². The zero-order valence-electron chi connectivity index (χ0n) is 16.7. The molecule has 158 valence electrons. The molecule has 2 heterocycles. The highest BCUT2D eigenvalue weighted by Crippen LogP contribution is 2.37. The van der Waals surface area contributed by atoms with E-state index in [0.717, 1.165) is 11.1 Å². The number of fused-ring (bicyclic) bond motifs is 1. The monoisotopic (exact) mass is 472 g/mol. The molecule has 1 unspecified atom stereocenters. The summed E-state index contributed by atoms with van der Waals surface area (Å²) in [6.07, 6.45) is 1.68. The zero-order valence-corrected chi connectivity index (χ0v) is 19.0. The molecule has 4 rings (SSSR count). The number of hydrogen-bond acceptors (Lipinski definition) is 5. The van der Waals surface area contributed by atoms with E-state index in [1.165, 1.54) is 11.8 Å². The van der Waals surface area contributed by atoms with Crippen LogP contribution in [0.25, 0.3) is 5.65 Å². The number of rotatable bonds is 6. The van der Waals surface area contributed by atoms with Crippen molar-refractivity contribution in [2.45, 2.75) is 17.3 Å². The Hall–Kier alpha value is -2.74. The fourth-order valence-corrected chi connectivity index (χ4v) is 4.63. The summed E-state index contributed by atoms with van der Waals surface area (Å²) < 4.78 is 7.09. The maximum atomic E-state index is 13.4. The summed E-state index contributed by atoms with van der Waals surface area (Å²) >= 11 is 13.7. The average Bonchev–Trinajstić information content (AvgIpc) is 3.15. The van der Waals surface area contributed by atoms with Gasteiger partial charge >= 0.3 is 0 Å². The van der Waals surface area contributed by atoms with Gasteiger partial charge in [-0.25, -0.2) is 0 Å². The highest BCUT2D eigenvalue weighted by Gasteiger charge is 2.26. The van der Waals surface area contributed by atoms with E-state index >= 15 is 0 Å². The predicted molar refractivity (Wildman–Crippen MR) is 124 cm³/mol. The van der Waals surface area contributed by atoms with Gasteiger partial charge in [0.15, 0.2) is 10.8 Å². The van der Waals surface area contributed by atoms with Crippen LogP contribution < -0.4 is 10.1 Å². The van der Waals surface area contributed by atoms with Crippen LogP contribution in [-0.2, 0) is 4.79 Å². The number of benzene rings is 2. The molecule has 0 fully saturated rings. The van der Waals surface area contributed by atoms with E-state index in [1.807, 2.05) is 55.5 Å². The summed E-state index contributed by atoms with van der Waals surface area (Å²) in [6, 6.07) is 16.7.